The quantitative estimate of drug-likeness (QED) is 0.501. The fourth-order valence-electron chi connectivity index (χ4n) is 5.72. The van der Waals surface area contributed by atoms with E-state index >= 15 is 0 Å². The molecule has 0 aliphatic heterocycles. The Kier molecular flexibility index (Phi) is 4.10. The van der Waals surface area contributed by atoms with Gasteiger partial charge in [-0.25, -0.2) is 0 Å². The van der Waals surface area contributed by atoms with Gasteiger partial charge in [0.1, 0.15) is 0 Å². The van der Waals surface area contributed by atoms with Gasteiger partial charge in [0.05, 0.1) is 4.92 Å². The Labute approximate surface area is 147 Å². The van der Waals surface area contributed by atoms with Crippen molar-refractivity contribution in [2.75, 3.05) is 6.54 Å². The molecule has 0 radical (unpaired) electrons. The van der Waals surface area contributed by atoms with Gasteiger partial charge in [-0.15, -0.1) is 0 Å². The van der Waals surface area contributed by atoms with Gasteiger partial charge < -0.3 is 5.32 Å². The summed E-state index contributed by atoms with van der Waals surface area (Å²) in [6.07, 6.45) is 11.3. The molecule has 0 saturated heterocycles. The molecule has 132 valence electrons. The lowest BCUT2D eigenvalue weighted by Crippen LogP contribution is -2.51. The van der Waals surface area contributed by atoms with Crippen molar-refractivity contribution in [1.29, 1.82) is 0 Å². The lowest BCUT2D eigenvalue weighted by Gasteiger charge is -2.56. The minimum absolute atomic E-state index is 0.0587. The van der Waals surface area contributed by atoms with Gasteiger partial charge in [0.2, 0.25) is 5.91 Å². The lowest BCUT2D eigenvalue weighted by atomic mass is 9.49. The monoisotopic (exact) mass is 340 g/mol. The summed E-state index contributed by atoms with van der Waals surface area (Å²) in [5.41, 5.74) is 1.19. The van der Waals surface area contributed by atoms with Crippen molar-refractivity contribution in [3.63, 3.8) is 0 Å². The molecule has 4 bridgehead atoms. The van der Waals surface area contributed by atoms with Gasteiger partial charge in [-0.3, -0.25) is 14.9 Å². The van der Waals surface area contributed by atoms with Gasteiger partial charge in [-0.1, -0.05) is 0 Å². The third-order valence-electron chi connectivity index (χ3n) is 6.33. The minimum atomic E-state index is -0.425. The van der Waals surface area contributed by atoms with Crippen LogP contribution in [-0.2, 0) is 4.79 Å². The Hall–Kier alpha value is -2.17. The van der Waals surface area contributed by atoms with Gasteiger partial charge in [0, 0.05) is 24.8 Å². The van der Waals surface area contributed by atoms with E-state index in [-0.39, 0.29) is 11.6 Å². The molecule has 1 amide bonds. The Morgan fingerprint density at radius 1 is 1.12 bits per heavy atom. The smallest absolute Gasteiger partial charge is 0.269 e. The number of rotatable bonds is 5. The molecular formula is C20H24N2O3. The molecule has 1 aromatic carbocycles. The number of benzene rings is 1. The highest BCUT2D eigenvalue weighted by Gasteiger charge is 2.50. The van der Waals surface area contributed by atoms with Crippen molar-refractivity contribution in [2.45, 2.75) is 38.5 Å². The fourth-order valence-corrected chi connectivity index (χ4v) is 5.72. The topological polar surface area (TPSA) is 72.2 Å². The number of hydrogen-bond acceptors (Lipinski definition) is 3. The summed E-state index contributed by atoms with van der Waals surface area (Å²) in [7, 11) is 0. The Balaban J connectivity index is 1.32. The lowest BCUT2D eigenvalue weighted by molar-refractivity contribution is -0.384. The SMILES string of the molecule is O=C(C=Cc1ccc([N+](=O)[O-])cc1)NCC12CC3CC(CC(C3)C1)C2. The van der Waals surface area contributed by atoms with E-state index in [1.165, 1.54) is 56.7 Å². The highest BCUT2D eigenvalue weighted by atomic mass is 16.6. The molecule has 1 aromatic rings. The van der Waals surface area contributed by atoms with Crippen LogP contribution >= 0.6 is 0 Å². The van der Waals surface area contributed by atoms with Crippen LogP contribution in [0.15, 0.2) is 30.3 Å². The average molecular weight is 340 g/mol. The second-order valence-electron chi connectivity index (χ2n) is 8.32. The first-order valence-corrected chi connectivity index (χ1v) is 9.22. The molecule has 5 rings (SSSR count). The van der Waals surface area contributed by atoms with E-state index in [0.29, 0.717) is 5.41 Å². The van der Waals surface area contributed by atoms with E-state index in [1.54, 1.807) is 18.2 Å². The first-order valence-electron chi connectivity index (χ1n) is 9.22. The predicted octanol–water partition coefficient (Wildman–Crippen LogP) is 3.94. The van der Waals surface area contributed by atoms with Gasteiger partial charge in [0.15, 0.2) is 0 Å². The fraction of sp³-hybridized carbons (Fsp3) is 0.550. The zero-order valence-corrected chi connectivity index (χ0v) is 14.3. The van der Waals surface area contributed by atoms with Crippen LogP contribution < -0.4 is 5.32 Å². The Morgan fingerprint density at radius 2 is 1.68 bits per heavy atom. The summed E-state index contributed by atoms with van der Waals surface area (Å²) in [6.45, 7) is 0.792. The zero-order chi connectivity index (χ0) is 17.4. The van der Waals surface area contributed by atoms with Gasteiger partial charge in [-0.2, -0.15) is 0 Å². The normalized spacial score (nSPS) is 32.9. The molecule has 25 heavy (non-hydrogen) atoms. The number of nitro benzene ring substituents is 1. The minimum Gasteiger partial charge on any atom is -0.352 e. The summed E-state index contributed by atoms with van der Waals surface area (Å²) in [4.78, 5) is 22.4. The van der Waals surface area contributed by atoms with Crippen molar-refractivity contribution < 1.29 is 9.72 Å². The van der Waals surface area contributed by atoms with Crippen LogP contribution in [0.1, 0.15) is 44.1 Å². The van der Waals surface area contributed by atoms with Crippen LogP contribution in [0.4, 0.5) is 5.69 Å². The molecule has 5 nitrogen and oxygen atoms in total. The molecule has 0 atom stereocenters. The molecule has 0 spiro atoms. The molecule has 1 N–H and O–H groups in total. The van der Waals surface area contributed by atoms with E-state index in [9.17, 15) is 14.9 Å². The zero-order valence-electron chi connectivity index (χ0n) is 14.3. The number of carbonyl (C=O) groups excluding carboxylic acids is 1. The molecule has 4 fully saturated rings. The van der Waals surface area contributed by atoms with Crippen molar-refractivity contribution in [3.8, 4) is 0 Å². The number of nitrogens with zero attached hydrogens (tertiary/aromatic N) is 1. The molecular weight excluding hydrogens is 316 g/mol. The predicted molar refractivity (Wildman–Crippen MR) is 95.7 cm³/mol. The summed E-state index contributed by atoms with van der Waals surface area (Å²) >= 11 is 0. The molecule has 0 aromatic heterocycles. The van der Waals surface area contributed by atoms with Gasteiger partial charge in [-0.05, 0) is 85.5 Å². The standard InChI is InChI=1S/C20H24N2O3/c23-19(6-3-14-1-4-18(5-2-14)22(24)25)21-13-20-10-15-7-16(11-20)9-17(8-15)12-20/h1-6,15-17H,7-13H2,(H,21,23). The third kappa shape index (κ3) is 3.46. The maximum absolute atomic E-state index is 12.2. The van der Waals surface area contributed by atoms with E-state index in [2.05, 4.69) is 5.32 Å². The van der Waals surface area contributed by atoms with Crippen LogP contribution in [0.2, 0.25) is 0 Å². The number of amides is 1. The maximum Gasteiger partial charge on any atom is 0.269 e. The highest BCUT2D eigenvalue weighted by molar-refractivity contribution is 5.91. The number of carbonyl (C=O) groups is 1. The summed E-state index contributed by atoms with van der Waals surface area (Å²) in [5, 5.41) is 13.8. The van der Waals surface area contributed by atoms with E-state index in [4.69, 9.17) is 0 Å². The highest BCUT2D eigenvalue weighted by Crippen LogP contribution is 2.59. The van der Waals surface area contributed by atoms with E-state index < -0.39 is 4.92 Å². The number of hydrogen-bond donors (Lipinski definition) is 1. The second-order valence-corrected chi connectivity index (χ2v) is 8.32. The molecule has 4 saturated carbocycles. The summed E-state index contributed by atoms with van der Waals surface area (Å²) in [6, 6.07) is 6.21. The first kappa shape index (κ1) is 16.3. The Bertz CT molecular complexity index is 673. The van der Waals surface area contributed by atoms with Crippen molar-refractivity contribution in [3.05, 3.63) is 46.0 Å². The maximum atomic E-state index is 12.2. The van der Waals surface area contributed by atoms with Gasteiger partial charge >= 0.3 is 0 Å². The number of nitro groups is 1. The van der Waals surface area contributed by atoms with Crippen LogP contribution in [0.25, 0.3) is 6.08 Å². The Morgan fingerprint density at radius 3 is 2.20 bits per heavy atom. The molecule has 5 heteroatoms. The number of nitrogens with one attached hydrogen (secondary N) is 1. The van der Waals surface area contributed by atoms with E-state index in [1.807, 2.05) is 0 Å². The molecule has 4 aliphatic carbocycles. The summed E-state index contributed by atoms with van der Waals surface area (Å²) < 4.78 is 0. The largest absolute Gasteiger partial charge is 0.352 e. The van der Waals surface area contributed by atoms with Crippen molar-refractivity contribution in [1.82, 2.24) is 5.32 Å². The average Bonchev–Trinajstić information content (AvgIpc) is 2.57. The van der Waals surface area contributed by atoms with Crippen molar-refractivity contribution >= 4 is 17.7 Å². The molecule has 4 aliphatic rings. The first-order chi connectivity index (χ1) is 12.0. The third-order valence-corrected chi connectivity index (χ3v) is 6.33. The van der Waals surface area contributed by atoms with Crippen molar-refractivity contribution in [2.24, 2.45) is 23.2 Å². The van der Waals surface area contributed by atoms with Crippen LogP contribution in [0, 0.1) is 33.3 Å². The van der Waals surface area contributed by atoms with E-state index in [0.717, 1.165) is 29.9 Å². The molecule has 0 heterocycles. The van der Waals surface area contributed by atoms with Crippen LogP contribution in [0.3, 0.4) is 0 Å². The second kappa shape index (κ2) is 6.28. The van der Waals surface area contributed by atoms with Crippen LogP contribution in [-0.4, -0.2) is 17.4 Å². The molecule has 0 unspecified atom stereocenters. The number of non-ortho nitro benzene ring substituents is 1. The summed E-state index contributed by atoms with van der Waals surface area (Å²) in [5.74, 6) is 2.59. The van der Waals surface area contributed by atoms with Gasteiger partial charge in [0.25, 0.3) is 5.69 Å². The van der Waals surface area contributed by atoms with Crippen LogP contribution in [0.5, 0.6) is 0 Å².